The monoisotopic (exact) mass is 569 g/mol. The summed E-state index contributed by atoms with van der Waals surface area (Å²) in [5.41, 5.74) is 4.10. The minimum absolute atomic E-state index is 0.0215. The average Bonchev–Trinajstić information content (AvgIpc) is 3.22. The number of carbonyl (C=O) groups is 5. The van der Waals surface area contributed by atoms with E-state index in [1.165, 1.54) is 0 Å². The largest absolute Gasteiger partial charge is 0.463 e. The van der Waals surface area contributed by atoms with Crippen LogP contribution in [0.3, 0.4) is 0 Å². The van der Waals surface area contributed by atoms with Gasteiger partial charge in [0.1, 0.15) is 25.4 Å². The van der Waals surface area contributed by atoms with E-state index in [2.05, 4.69) is 5.32 Å². The van der Waals surface area contributed by atoms with Gasteiger partial charge in [-0.15, -0.1) is 0 Å². The quantitative estimate of drug-likeness (QED) is 0.369. The maximum atomic E-state index is 13.1. The van der Waals surface area contributed by atoms with Gasteiger partial charge in [-0.25, -0.2) is 4.79 Å². The smallest absolute Gasteiger partial charge is 0.407 e. The highest BCUT2D eigenvalue weighted by atomic mass is 16.7. The average molecular weight is 570 g/mol. The van der Waals surface area contributed by atoms with Gasteiger partial charge in [0.05, 0.1) is 0 Å². The van der Waals surface area contributed by atoms with Crippen molar-refractivity contribution in [2.75, 3.05) is 13.2 Å². The van der Waals surface area contributed by atoms with Crippen LogP contribution in [-0.4, -0.2) is 73.8 Å². The topological polar surface area (TPSA) is 153 Å². The van der Waals surface area contributed by atoms with Crippen molar-refractivity contribution >= 4 is 30.0 Å². The summed E-state index contributed by atoms with van der Waals surface area (Å²) in [6, 6.07) is 14.3. The highest BCUT2D eigenvalue weighted by molar-refractivity contribution is 5.79. The second kappa shape index (κ2) is 12.8. The van der Waals surface area contributed by atoms with E-state index >= 15 is 0 Å². The molecule has 5 atom stereocenters. The summed E-state index contributed by atoms with van der Waals surface area (Å²) in [5.74, 6) is -3.18. The van der Waals surface area contributed by atoms with E-state index in [0.29, 0.717) is 0 Å². The lowest BCUT2D eigenvalue weighted by Gasteiger charge is -2.44. The molecule has 1 aliphatic heterocycles. The van der Waals surface area contributed by atoms with E-state index in [1.54, 1.807) is 0 Å². The minimum atomic E-state index is -1.51. The van der Waals surface area contributed by atoms with Crippen molar-refractivity contribution in [2.24, 2.45) is 0 Å². The van der Waals surface area contributed by atoms with Crippen LogP contribution in [0.25, 0.3) is 11.1 Å². The third-order valence-corrected chi connectivity index (χ3v) is 6.61. The number of amides is 1. The molecule has 0 bridgehead atoms. The Hall–Kier alpha value is -4.45. The molecule has 1 saturated heterocycles. The van der Waals surface area contributed by atoms with Crippen LogP contribution < -0.4 is 5.32 Å². The van der Waals surface area contributed by atoms with Crippen LogP contribution in [0, 0.1) is 0 Å². The maximum absolute atomic E-state index is 13.1. The fraction of sp³-hybridized carbons (Fsp3) is 0.414. The molecule has 1 N–H and O–H groups in total. The lowest BCUT2D eigenvalue weighted by molar-refractivity contribution is -0.270. The predicted molar refractivity (Wildman–Crippen MR) is 140 cm³/mol. The maximum Gasteiger partial charge on any atom is 0.407 e. The third kappa shape index (κ3) is 7.01. The number of nitrogens with one attached hydrogen (secondary N) is 1. The van der Waals surface area contributed by atoms with E-state index in [1.807, 2.05) is 48.5 Å². The Morgan fingerprint density at radius 1 is 0.683 bits per heavy atom. The fourth-order valence-corrected chi connectivity index (χ4v) is 5.10. The van der Waals surface area contributed by atoms with Crippen LogP contribution in [0.1, 0.15) is 44.7 Å². The normalized spacial score (nSPS) is 22.9. The van der Waals surface area contributed by atoms with E-state index in [-0.39, 0.29) is 12.5 Å². The van der Waals surface area contributed by atoms with Gasteiger partial charge in [0.2, 0.25) is 6.29 Å². The van der Waals surface area contributed by atoms with E-state index in [9.17, 15) is 24.0 Å². The molecule has 12 nitrogen and oxygen atoms in total. The minimum Gasteiger partial charge on any atom is -0.463 e. The molecule has 2 aromatic carbocycles. The predicted octanol–water partition coefficient (Wildman–Crippen LogP) is 2.61. The number of fused-ring (bicyclic) bond motifs is 3. The lowest BCUT2D eigenvalue weighted by Crippen LogP contribution is -2.67. The van der Waals surface area contributed by atoms with Gasteiger partial charge in [-0.3, -0.25) is 19.2 Å². The summed E-state index contributed by atoms with van der Waals surface area (Å²) >= 11 is 0. The van der Waals surface area contributed by atoms with Gasteiger partial charge < -0.3 is 33.7 Å². The molecule has 1 heterocycles. The molecule has 218 valence electrons. The molecule has 2 aliphatic rings. The van der Waals surface area contributed by atoms with Crippen molar-refractivity contribution in [1.29, 1.82) is 0 Å². The highest BCUT2D eigenvalue weighted by Crippen LogP contribution is 2.44. The molecule has 41 heavy (non-hydrogen) atoms. The Bertz CT molecular complexity index is 1280. The molecule has 4 rings (SSSR count). The molecular formula is C29H31NO11. The molecule has 1 amide bonds. The number of ether oxygens (including phenoxy) is 6. The number of carbonyl (C=O) groups excluding carboxylic acids is 5. The van der Waals surface area contributed by atoms with Crippen molar-refractivity contribution in [1.82, 2.24) is 5.32 Å². The molecule has 0 radical (unpaired) electrons. The SMILES string of the molecule is CC(=O)OCC1OC(OC(C)=O)C(NC(=O)OCC2c3ccccc3-c3ccccc32)C(OC(C)=O)C1OC(C)=O. The van der Waals surface area contributed by atoms with Crippen LogP contribution in [0.2, 0.25) is 0 Å². The van der Waals surface area contributed by atoms with Crippen molar-refractivity contribution in [2.45, 2.75) is 64.3 Å². The summed E-state index contributed by atoms with van der Waals surface area (Å²) in [6.07, 6.45) is -6.35. The lowest BCUT2D eigenvalue weighted by atomic mass is 9.96. The second-order valence-corrected chi connectivity index (χ2v) is 9.60. The van der Waals surface area contributed by atoms with E-state index < -0.39 is 67.2 Å². The van der Waals surface area contributed by atoms with Crippen LogP contribution in [0.15, 0.2) is 48.5 Å². The van der Waals surface area contributed by atoms with Crippen molar-refractivity contribution < 1.29 is 52.4 Å². The number of benzene rings is 2. The molecular weight excluding hydrogens is 538 g/mol. The van der Waals surface area contributed by atoms with Gasteiger partial charge in [-0.05, 0) is 22.3 Å². The Morgan fingerprint density at radius 3 is 1.76 bits per heavy atom. The van der Waals surface area contributed by atoms with Crippen LogP contribution in [-0.2, 0) is 47.6 Å². The zero-order chi connectivity index (χ0) is 29.7. The van der Waals surface area contributed by atoms with Gasteiger partial charge in [-0.1, -0.05) is 48.5 Å². The Labute approximate surface area is 236 Å². The molecule has 0 aromatic heterocycles. The Kier molecular flexibility index (Phi) is 9.23. The summed E-state index contributed by atoms with van der Waals surface area (Å²) in [4.78, 5) is 60.5. The van der Waals surface area contributed by atoms with Crippen LogP contribution in [0.5, 0.6) is 0 Å². The second-order valence-electron chi connectivity index (χ2n) is 9.60. The van der Waals surface area contributed by atoms with Gasteiger partial charge in [0, 0.05) is 33.6 Å². The van der Waals surface area contributed by atoms with Gasteiger partial charge in [0.15, 0.2) is 12.2 Å². The molecule has 0 spiro atoms. The number of rotatable bonds is 8. The molecule has 1 aliphatic carbocycles. The zero-order valence-electron chi connectivity index (χ0n) is 23.0. The molecule has 2 aromatic rings. The number of esters is 4. The number of hydrogen-bond donors (Lipinski definition) is 1. The van der Waals surface area contributed by atoms with Gasteiger partial charge in [0.25, 0.3) is 0 Å². The first-order chi connectivity index (χ1) is 19.5. The number of hydrogen-bond acceptors (Lipinski definition) is 11. The van der Waals surface area contributed by atoms with Crippen molar-refractivity contribution in [3.05, 3.63) is 59.7 Å². The zero-order valence-corrected chi connectivity index (χ0v) is 23.0. The summed E-state index contributed by atoms with van der Waals surface area (Å²) < 4.78 is 32.5. The Balaban J connectivity index is 1.57. The highest BCUT2D eigenvalue weighted by Gasteiger charge is 2.52. The first-order valence-corrected chi connectivity index (χ1v) is 13.0. The Morgan fingerprint density at radius 2 is 1.22 bits per heavy atom. The summed E-state index contributed by atoms with van der Waals surface area (Å²) in [6.45, 7) is 4.09. The standard InChI is InChI=1S/C29H31NO11/c1-15(31)36-14-24-26(38-16(2)32)27(39-17(3)33)25(28(41-24)40-18(4)34)30-29(35)37-13-23-21-11-7-5-9-19(21)20-10-6-8-12-22(20)23/h5-12,23-28H,13-14H2,1-4H3,(H,30,35). The molecule has 0 saturated carbocycles. The first kappa shape index (κ1) is 29.5. The fourth-order valence-electron chi connectivity index (χ4n) is 5.10. The van der Waals surface area contributed by atoms with E-state index in [0.717, 1.165) is 49.9 Å². The van der Waals surface area contributed by atoms with Crippen molar-refractivity contribution in [3.8, 4) is 11.1 Å². The molecule has 12 heteroatoms. The van der Waals surface area contributed by atoms with Crippen molar-refractivity contribution in [3.63, 3.8) is 0 Å². The third-order valence-electron chi connectivity index (χ3n) is 6.61. The first-order valence-electron chi connectivity index (χ1n) is 13.0. The summed E-state index contributed by atoms with van der Waals surface area (Å²) in [5, 5.41) is 2.55. The molecule has 5 unspecified atom stereocenters. The summed E-state index contributed by atoms with van der Waals surface area (Å²) in [7, 11) is 0. The van der Waals surface area contributed by atoms with Crippen LogP contribution in [0.4, 0.5) is 4.79 Å². The van der Waals surface area contributed by atoms with E-state index in [4.69, 9.17) is 28.4 Å². The van der Waals surface area contributed by atoms with Gasteiger partial charge >= 0.3 is 30.0 Å². The van der Waals surface area contributed by atoms with Crippen LogP contribution >= 0.6 is 0 Å². The van der Waals surface area contributed by atoms with Gasteiger partial charge in [-0.2, -0.15) is 0 Å². The number of alkyl carbamates (subject to hydrolysis) is 1. The molecule has 1 fully saturated rings.